The molecule has 0 heterocycles. The molecule has 0 aliphatic rings. The summed E-state index contributed by atoms with van der Waals surface area (Å²) in [6.07, 6.45) is 0. The van der Waals surface area contributed by atoms with Gasteiger partial charge in [0, 0.05) is 5.56 Å². The van der Waals surface area contributed by atoms with Gasteiger partial charge in [0.1, 0.15) is 11.6 Å². The van der Waals surface area contributed by atoms with Gasteiger partial charge in [-0.3, -0.25) is 9.59 Å². The number of rotatable bonds is 5. The van der Waals surface area contributed by atoms with Crippen LogP contribution in [0.4, 0.5) is 10.1 Å². The zero-order chi connectivity index (χ0) is 16.1. The Morgan fingerprint density at radius 3 is 2.45 bits per heavy atom. The number of anilines is 1. The fraction of sp³-hybridized carbons (Fsp3) is 0.176. The summed E-state index contributed by atoms with van der Waals surface area (Å²) in [5.74, 6) is -0.533. The second-order valence-electron chi connectivity index (χ2n) is 4.90. The van der Waals surface area contributed by atoms with E-state index in [2.05, 4.69) is 5.32 Å². The van der Waals surface area contributed by atoms with Gasteiger partial charge >= 0.3 is 0 Å². The van der Waals surface area contributed by atoms with E-state index in [4.69, 9.17) is 4.74 Å². The monoisotopic (exact) mass is 301 g/mol. The van der Waals surface area contributed by atoms with Crippen LogP contribution < -0.4 is 10.1 Å². The van der Waals surface area contributed by atoms with Crippen molar-refractivity contribution in [3.63, 3.8) is 0 Å². The summed E-state index contributed by atoms with van der Waals surface area (Å²) < 4.78 is 18.8. The Labute approximate surface area is 127 Å². The summed E-state index contributed by atoms with van der Waals surface area (Å²) in [7, 11) is 0. The molecular formula is C17H16FNO3. The number of ether oxygens (including phenoxy) is 1. The summed E-state index contributed by atoms with van der Waals surface area (Å²) in [5.41, 5.74) is 1.54. The summed E-state index contributed by atoms with van der Waals surface area (Å²) >= 11 is 0. The van der Waals surface area contributed by atoms with Gasteiger partial charge < -0.3 is 10.1 Å². The lowest BCUT2D eigenvalue weighted by Crippen LogP contribution is -2.20. The molecule has 0 saturated carbocycles. The molecule has 5 heteroatoms. The van der Waals surface area contributed by atoms with Crippen LogP contribution in [-0.2, 0) is 4.79 Å². The van der Waals surface area contributed by atoms with Crippen molar-refractivity contribution in [3.05, 3.63) is 59.4 Å². The van der Waals surface area contributed by atoms with Crippen molar-refractivity contribution in [2.24, 2.45) is 0 Å². The Morgan fingerprint density at radius 2 is 1.82 bits per heavy atom. The van der Waals surface area contributed by atoms with Crippen LogP contribution in [0.5, 0.6) is 5.75 Å². The normalized spacial score (nSPS) is 10.1. The molecule has 0 fully saturated rings. The van der Waals surface area contributed by atoms with Crippen LogP contribution in [0.1, 0.15) is 22.8 Å². The maximum Gasteiger partial charge on any atom is 0.262 e. The van der Waals surface area contributed by atoms with Gasteiger partial charge in [0.2, 0.25) is 0 Å². The predicted molar refractivity (Wildman–Crippen MR) is 81.7 cm³/mol. The minimum atomic E-state index is -0.496. The van der Waals surface area contributed by atoms with Crippen LogP contribution in [0.2, 0.25) is 0 Å². The average molecular weight is 301 g/mol. The minimum Gasteiger partial charge on any atom is -0.484 e. The summed E-state index contributed by atoms with van der Waals surface area (Å²) in [6.45, 7) is 3.04. The van der Waals surface area contributed by atoms with Crippen molar-refractivity contribution >= 4 is 17.4 Å². The van der Waals surface area contributed by atoms with Gasteiger partial charge in [-0.15, -0.1) is 0 Å². The Hall–Kier alpha value is -2.69. The molecule has 114 valence electrons. The maximum atomic E-state index is 13.5. The molecule has 0 spiro atoms. The van der Waals surface area contributed by atoms with Crippen molar-refractivity contribution in [2.75, 3.05) is 11.9 Å². The Morgan fingerprint density at radius 1 is 1.14 bits per heavy atom. The minimum absolute atomic E-state index is 0.0424. The highest BCUT2D eigenvalue weighted by molar-refractivity contribution is 5.94. The number of ketones is 1. The van der Waals surface area contributed by atoms with Gasteiger partial charge in [0.05, 0.1) is 5.69 Å². The molecule has 2 rings (SSSR count). The van der Waals surface area contributed by atoms with Gasteiger partial charge in [-0.25, -0.2) is 4.39 Å². The molecule has 2 aromatic carbocycles. The molecule has 0 bridgehead atoms. The molecule has 1 amide bonds. The van der Waals surface area contributed by atoms with Crippen LogP contribution >= 0.6 is 0 Å². The van der Waals surface area contributed by atoms with Gasteiger partial charge in [-0.2, -0.15) is 0 Å². The van der Waals surface area contributed by atoms with Gasteiger partial charge in [0.25, 0.3) is 5.91 Å². The highest BCUT2D eigenvalue weighted by Gasteiger charge is 2.08. The van der Waals surface area contributed by atoms with Crippen molar-refractivity contribution < 1.29 is 18.7 Å². The van der Waals surface area contributed by atoms with E-state index in [1.54, 1.807) is 36.4 Å². The number of carbonyl (C=O) groups excluding carboxylic acids is 2. The molecule has 0 aliphatic heterocycles. The third kappa shape index (κ3) is 4.15. The zero-order valence-electron chi connectivity index (χ0n) is 12.4. The third-order valence-electron chi connectivity index (χ3n) is 3.03. The smallest absolute Gasteiger partial charge is 0.262 e. The summed E-state index contributed by atoms with van der Waals surface area (Å²) in [6, 6.07) is 10.9. The van der Waals surface area contributed by atoms with Crippen molar-refractivity contribution in [1.29, 1.82) is 0 Å². The van der Waals surface area contributed by atoms with Crippen molar-refractivity contribution in [3.8, 4) is 5.75 Å². The molecule has 0 radical (unpaired) electrons. The van der Waals surface area contributed by atoms with Crippen molar-refractivity contribution in [2.45, 2.75) is 13.8 Å². The van der Waals surface area contributed by atoms with Crippen LogP contribution in [-0.4, -0.2) is 18.3 Å². The van der Waals surface area contributed by atoms with E-state index in [9.17, 15) is 14.0 Å². The quantitative estimate of drug-likeness (QED) is 0.862. The van der Waals surface area contributed by atoms with Crippen LogP contribution in [0.15, 0.2) is 42.5 Å². The first kappa shape index (κ1) is 15.7. The highest BCUT2D eigenvalue weighted by Crippen LogP contribution is 2.16. The topological polar surface area (TPSA) is 55.4 Å². The van der Waals surface area contributed by atoms with E-state index in [1.165, 1.54) is 13.0 Å². The Kier molecular flexibility index (Phi) is 4.88. The number of hydrogen-bond donors (Lipinski definition) is 1. The predicted octanol–water partition coefficient (Wildman–Crippen LogP) is 3.35. The summed E-state index contributed by atoms with van der Waals surface area (Å²) in [4.78, 5) is 22.9. The number of amides is 1. The molecular weight excluding hydrogens is 285 g/mol. The first-order valence-electron chi connectivity index (χ1n) is 6.75. The highest BCUT2D eigenvalue weighted by atomic mass is 19.1. The van der Waals surface area contributed by atoms with E-state index in [-0.39, 0.29) is 18.1 Å². The first-order valence-corrected chi connectivity index (χ1v) is 6.75. The Bertz CT molecular complexity index is 696. The summed E-state index contributed by atoms with van der Waals surface area (Å²) in [5, 5.41) is 2.46. The fourth-order valence-corrected chi connectivity index (χ4v) is 1.86. The van der Waals surface area contributed by atoms with E-state index < -0.39 is 11.7 Å². The second-order valence-corrected chi connectivity index (χ2v) is 4.90. The number of Topliss-reactive ketones (excluding diaryl/α,β-unsaturated/α-hetero) is 1. The van der Waals surface area contributed by atoms with Crippen molar-refractivity contribution in [1.82, 2.24) is 0 Å². The Balaban J connectivity index is 1.92. The number of aryl methyl sites for hydroxylation is 1. The molecule has 4 nitrogen and oxygen atoms in total. The molecule has 0 unspecified atom stereocenters. The van der Waals surface area contributed by atoms with Crippen LogP contribution in [0.3, 0.4) is 0 Å². The van der Waals surface area contributed by atoms with Gasteiger partial charge in [-0.1, -0.05) is 6.07 Å². The van der Waals surface area contributed by atoms with Crippen LogP contribution in [0.25, 0.3) is 0 Å². The fourth-order valence-electron chi connectivity index (χ4n) is 1.86. The van der Waals surface area contributed by atoms with Crippen LogP contribution in [0, 0.1) is 12.7 Å². The molecule has 0 aliphatic carbocycles. The molecule has 0 saturated heterocycles. The lowest BCUT2D eigenvalue weighted by atomic mass is 10.1. The van der Waals surface area contributed by atoms with E-state index in [1.807, 2.05) is 6.92 Å². The average Bonchev–Trinajstić information content (AvgIpc) is 2.49. The lowest BCUT2D eigenvalue weighted by Gasteiger charge is -2.09. The number of halogens is 1. The van der Waals surface area contributed by atoms with Gasteiger partial charge in [-0.05, 0) is 55.8 Å². The first-order chi connectivity index (χ1) is 10.5. The molecule has 22 heavy (non-hydrogen) atoms. The lowest BCUT2D eigenvalue weighted by molar-refractivity contribution is -0.118. The van der Waals surface area contributed by atoms with E-state index in [0.717, 1.165) is 5.56 Å². The largest absolute Gasteiger partial charge is 0.484 e. The SMILES string of the molecule is CC(=O)c1ccc(OCC(=O)Nc2cc(C)ccc2F)cc1. The number of nitrogens with one attached hydrogen (secondary N) is 1. The maximum absolute atomic E-state index is 13.5. The molecule has 0 atom stereocenters. The molecule has 0 aromatic heterocycles. The second kappa shape index (κ2) is 6.85. The standard InChI is InChI=1S/C17H16FNO3/c1-11-3-8-15(18)16(9-11)19-17(21)10-22-14-6-4-13(5-7-14)12(2)20/h3-9H,10H2,1-2H3,(H,19,21). The number of benzene rings is 2. The number of carbonyl (C=O) groups is 2. The van der Waals surface area contributed by atoms with Gasteiger partial charge in [0.15, 0.2) is 12.4 Å². The van der Waals surface area contributed by atoms with E-state index in [0.29, 0.717) is 11.3 Å². The van der Waals surface area contributed by atoms with E-state index >= 15 is 0 Å². The number of hydrogen-bond acceptors (Lipinski definition) is 3. The molecule has 1 N–H and O–H groups in total. The third-order valence-corrected chi connectivity index (χ3v) is 3.03. The zero-order valence-corrected chi connectivity index (χ0v) is 12.4. The molecule has 2 aromatic rings.